The second-order valence-corrected chi connectivity index (χ2v) is 10.5. The smallest absolute Gasteiger partial charge is 0.549 e. The van der Waals surface area contributed by atoms with E-state index in [9.17, 15) is 34.2 Å². The summed E-state index contributed by atoms with van der Waals surface area (Å²) in [5, 5.41) is 28.1. The van der Waals surface area contributed by atoms with Crippen molar-refractivity contribution in [3.8, 4) is 0 Å². The van der Waals surface area contributed by atoms with Crippen molar-refractivity contribution in [3.63, 3.8) is 0 Å². The van der Waals surface area contributed by atoms with Crippen molar-refractivity contribution in [1.82, 2.24) is 25.3 Å². The first-order chi connectivity index (χ1) is 17.1. The fourth-order valence-corrected chi connectivity index (χ4v) is 4.86. The normalized spacial score (nSPS) is 10.9. The number of Topliss-reactive ketones (excluding diaryl/α,β-unsaturated/α-hetero) is 1. The Labute approximate surface area is 258 Å². The van der Waals surface area contributed by atoms with Gasteiger partial charge in [-0.25, -0.2) is 0 Å². The molecule has 16 heteroatoms. The Morgan fingerprint density at radius 3 is 1.73 bits per heavy atom. The molecule has 0 aliphatic heterocycles. The third kappa shape index (κ3) is 24.2. The van der Waals surface area contributed by atoms with E-state index in [4.69, 9.17) is 0 Å². The van der Waals surface area contributed by atoms with Gasteiger partial charge in [0.2, 0.25) is 5.91 Å². The summed E-state index contributed by atoms with van der Waals surface area (Å²) in [5.74, 6) is -2.13. The zero-order valence-corrected chi connectivity index (χ0v) is 25.4. The molecule has 0 aliphatic rings. The molecule has 0 rings (SSSR count). The Morgan fingerprint density at radius 1 is 0.757 bits per heavy atom. The van der Waals surface area contributed by atoms with Gasteiger partial charge in [0.05, 0.1) is 38.7 Å². The van der Waals surface area contributed by atoms with Crippen molar-refractivity contribution in [2.24, 2.45) is 0 Å². The van der Waals surface area contributed by atoms with Gasteiger partial charge in [-0.15, -0.1) is 0 Å². The van der Waals surface area contributed by atoms with Gasteiger partial charge in [0, 0.05) is 63.9 Å². The Hall–Kier alpha value is -0.585. The van der Waals surface area contributed by atoms with Crippen LogP contribution in [0.15, 0.2) is 0 Å². The van der Waals surface area contributed by atoms with E-state index in [1.54, 1.807) is 21.6 Å². The Kier molecular flexibility index (Phi) is 25.5. The molecule has 0 aromatic heterocycles. The second-order valence-electron chi connectivity index (χ2n) is 7.82. The summed E-state index contributed by atoms with van der Waals surface area (Å²) in [7, 11) is 6.40. The molecule has 1 amide bonds. The van der Waals surface area contributed by atoms with Crippen LogP contribution in [-0.2, 0) is 28.7 Å². The van der Waals surface area contributed by atoms with Crippen LogP contribution in [0.1, 0.15) is 6.92 Å². The van der Waals surface area contributed by atoms with E-state index in [1.807, 2.05) is 7.05 Å². The predicted molar refractivity (Wildman–Crippen MR) is 134 cm³/mol. The monoisotopic (exact) mass is 709 g/mol. The fraction of sp³-hybridized carbons (Fsp3) is 0.762. The maximum atomic E-state index is 12.2. The third-order valence-electron chi connectivity index (χ3n) is 4.59. The first-order valence-electron chi connectivity index (χ1n) is 11.4. The van der Waals surface area contributed by atoms with Gasteiger partial charge in [-0.1, -0.05) is 21.6 Å². The minimum atomic E-state index is -1.36. The third-order valence-corrected chi connectivity index (χ3v) is 7.00. The maximum absolute atomic E-state index is 12.2. The number of rotatable bonds is 23. The van der Waals surface area contributed by atoms with Crippen LogP contribution in [0.25, 0.3) is 0 Å². The van der Waals surface area contributed by atoms with Crippen molar-refractivity contribution in [2.45, 2.75) is 6.92 Å². The van der Waals surface area contributed by atoms with E-state index in [0.717, 1.165) is 12.3 Å². The summed E-state index contributed by atoms with van der Waals surface area (Å²) in [5.41, 5.74) is 0. The van der Waals surface area contributed by atoms with Crippen LogP contribution in [0.5, 0.6) is 0 Å². The molecule has 0 atom stereocenters. The van der Waals surface area contributed by atoms with Gasteiger partial charge in [0.1, 0.15) is 5.78 Å². The molecule has 0 saturated heterocycles. The van der Waals surface area contributed by atoms with E-state index >= 15 is 0 Å². The average molecular weight is 709 g/mol. The van der Waals surface area contributed by atoms with E-state index in [-0.39, 0.29) is 97.4 Å². The minimum absolute atomic E-state index is 0. The number of amides is 1. The number of carboxylic acids is 2. The zero-order valence-electron chi connectivity index (χ0n) is 21.5. The Bertz CT molecular complexity index is 708. The molecule has 0 aromatic rings. The van der Waals surface area contributed by atoms with E-state index < -0.39 is 31.0 Å². The molecular weight excluding hydrogens is 672 g/mol. The number of carbonyl (C=O) groups excluding carboxylic acids is 5. The van der Waals surface area contributed by atoms with E-state index in [2.05, 4.69) is 15.4 Å². The number of aliphatic carboxylic acids is 2. The molecule has 1 radical (unpaired) electrons. The van der Waals surface area contributed by atoms with Crippen molar-refractivity contribution < 1.29 is 78.9 Å². The Balaban J connectivity index is 0. The van der Waals surface area contributed by atoms with Gasteiger partial charge in [-0.2, -0.15) is 0 Å². The summed E-state index contributed by atoms with van der Waals surface area (Å²) < 4.78 is 4.62. The van der Waals surface area contributed by atoms with Crippen LogP contribution >= 0.6 is 21.6 Å². The van der Waals surface area contributed by atoms with Gasteiger partial charge >= 0.3 is 45.9 Å². The Morgan fingerprint density at radius 2 is 1.24 bits per heavy atom. The fourth-order valence-electron chi connectivity index (χ4n) is 2.94. The molecule has 0 saturated carbocycles. The summed E-state index contributed by atoms with van der Waals surface area (Å²) >= 11 is 0. The number of hydrogen-bond acceptors (Lipinski definition) is 14. The number of esters is 1. The van der Waals surface area contributed by atoms with Gasteiger partial charge in [0.15, 0.2) is 0 Å². The number of nitrogens with zero attached hydrogens (tertiary/aromatic N) is 3. The first-order valence-corrected chi connectivity index (χ1v) is 13.8. The van der Waals surface area contributed by atoms with Gasteiger partial charge in [0.25, 0.3) is 0 Å². The molecule has 0 bridgehead atoms. The minimum Gasteiger partial charge on any atom is -0.549 e. The predicted octanol–water partition coefficient (Wildman–Crippen LogP) is -4.13. The summed E-state index contributed by atoms with van der Waals surface area (Å²) in [6.45, 7) is 1.92. The second kappa shape index (κ2) is 24.5. The topological polar surface area (TPSA) is 174 Å². The average Bonchev–Trinajstić information content (AvgIpc) is 2.78. The van der Waals surface area contributed by atoms with Crippen LogP contribution < -0.4 is 20.8 Å². The van der Waals surface area contributed by atoms with Crippen molar-refractivity contribution in [2.75, 3.05) is 97.7 Å². The molecule has 0 spiro atoms. The van der Waals surface area contributed by atoms with Crippen LogP contribution in [0, 0.1) is 39.9 Å². The van der Waals surface area contributed by atoms with E-state index in [0.29, 0.717) is 12.3 Å². The number of ketones is 1. The van der Waals surface area contributed by atoms with E-state index in [1.165, 1.54) is 28.7 Å². The van der Waals surface area contributed by atoms with Gasteiger partial charge in [-0.3, -0.25) is 29.1 Å². The molecule has 0 aliphatic carbocycles. The van der Waals surface area contributed by atoms with Crippen LogP contribution in [-0.4, -0.2) is 142 Å². The molecule has 37 heavy (non-hydrogen) atoms. The molecule has 0 heterocycles. The molecule has 213 valence electrons. The number of carboxylic acid groups (broad SMARTS) is 2. The van der Waals surface area contributed by atoms with Crippen molar-refractivity contribution >= 4 is 51.2 Å². The molecule has 0 fully saturated rings. The number of hydrogen-bond donors (Lipinski definition) is 2. The zero-order chi connectivity index (χ0) is 27.3. The number of nitrogens with one attached hydrogen (secondary N) is 2. The number of carbonyl (C=O) groups is 5. The number of methoxy groups -OCH3 is 1. The molecule has 2 N–H and O–H groups in total. The van der Waals surface area contributed by atoms with Crippen LogP contribution in [0.3, 0.4) is 0 Å². The first kappa shape index (κ1) is 38.6. The molecule has 13 nitrogen and oxygen atoms in total. The quantitative estimate of drug-likeness (QED) is 0.0595. The van der Waals surface area contributed by atoms with Crippen molar-refractivity contribution in [1.29, 1.82) is 0 Å². The molecule has 0 unspecified atom stereocenters. The standard InChI is InChI=1S/C21H39N5O8S2.Gd/c1-17(27)12-25(16-21(33)34-3)8-6-24(14-19(29)30)7-9-26(15-20(31)32)13-18(28)23-5-11-36-35-10-4-22-2;/h22H,4-16H2,1-3H3,(H,23,28)(H,29,30)(H,31,32);/q;+3/p-2. The largest absolute Gasteiger partial charge is 3.00 e. The SMILES string of the molecule is CNCCSSCCNC(=O)CN(CCN(CCN(CC(C)=O)CC(=O)OC)CC(=O)[O-])CC(=O)[O-].[Gd+3]. The van der Waals surface area contributed by atoms with Crippen LogP contribution in [0.2, 0.25) is 0 Å². The van der Waals surface area contributed by atoms with Crippen LogP contribution in [0.4, 0.5) is 0 Å². The van der Waals surface area contributed by atoms with Gasteiger partial charge in [-0.05, 0) is 14.0 Å². The summed E-state index contributed by atoms with van der Waals surface area (Å²) in [4.78, 5) is 62.1. The van der Waals surface area contributed by atoms with Crippen molar-refractivity contribution in [3.05, 3.63) is 0 Å². The maximum Gasteiger partial charge on any atom is 3.00 e. The van der Waals surface area contributed by atoms with Gasteiger partial charge < -0.3 is 35.2 Å². The molecular formula is C21H37GdN5O8S2+. The summed E-state index contributed by atoms with van der Waals surface area (Å²) in [6, 6.07) is 0. The summed E-state index contributed by atoms with van der Waals surface area (Å²) in [6.07, 6.45) is 0. The molecule has 0 aromatic carbocycles. The number of ether oxygens (including phenoxy) is 1.